The largest absolute Gasteiger partial charge is 0.414 e. The Morgan fingerprint density at radius 3 is 2.67 bits per heavy atom. The SMILES string of the molecule is CN(C)C(=O)Oc1ccc(Cc2cc3c(=O)n(C4CCCCC4O)cnc3c3c2C=CCN3C)cc1. The molecule has 2 aliphatic rings. The molecule has 1 aliphatic heterocycles. The first kappa shape index (κ1) is 24.1. The van der Waals surface area contributed by atoms with Gasteiger partial charge < -0.3 is 19.6 Å². The highest BCUT2D eigenvalue weighted by Gasteiger charge is 2.27. The van der Waals surface area contributed by atoms with Crippen molar-refractivity contribution in [1.82, 2.24) is 14.5 Å². The van der Waals surface area contributed by atoms with Crippen LogP contribution in [0.2, 0.25) is 0 Å². The fraction of sp³-hybridized carbons (Fsp3) is 0.393. The molecular formula is C28H32N4O4. The minimum Gasteiger partial charge on any atom is -0.410 e. The van der Waals surface area contributed by atoms with E-state index in [1.807, 2.05) is 25.2 Å². The molecule has 2 heterocycles. The minimum absolute atomic E-state index is 0.108. The van der Waals surface area contributed by atoms with Gasteiger partial charge in [-0.25, -0.2) is 9.78 Å². The normalized spacial score (nSPS) is 19.3. The minimum atomic E-state index is -0.529. The monoisotopic (exact) mass is 488 g/mol. The van der Waals surface area contributed by atoms with Crippen LogP contribution in [0.15, 0.2) is 47.5 Å². The molecule has 0 bridgehead atoms. The molecule has 188 valence electrons. The number of aromatic nitrogens is 2. The molecule has 36 heavy (non-hydrogen) atoms. The summed E-state index contributed by atoms with van der Waals surface area (Å²) in [5.74, 6) is 0.482. The Hall–Kier alpha value is -3.65. The number of ether oxygens (including phenoxy) is 1. The van der Waals surface area contributed by atoms with Crippen LogP contribution < -0.4 is 15.2 Å². The number of carbonyl (C=O) groups is 1. The van der Waals surface area contributed by atoms with Crippen LogP contribution in [0.5, 0.6) is 5.75 Å². The van der Waals surface area contributed by atoms with Gasteiger partial charge in [0.15, 0.2) is 0 Å². The summed E-state index contributed by atoms with van der Waals surface area (Å²) in [6, 6.07) is 9.16. The number of hydrogen-bond donors (Lipinski definition) is 1. The highest BCUT2D eigenvalue weighted by atomic mass is 16.6. The Morgan fingerprint density at radius 2 is 1.94 bits per heavy atom. The van der Waals surface area contributed by atoms with Crippen molar-refractivity contribution < 1.29 is 14.6 Å². The first-order chi connectivity index (χ1) is 17.3. The van der Waals surface area contributed by atoms with Crippen LogP contribution in [-0.2, 0) is 6.42 Å². The van der Waals surface area contributed by atoms with Gasteiger partial charge in [0.2, 0.25) is 0 Å². The topological polar surface area (TPSA) is 87.9 Å². The van der Waals surface area contributed by atoms with Crippen LogP contribution in [0.3, 0.4) is 0 Å². The molecule has 8 nitrogen and oxygen atoms in total. The van der Waals surface area contributed by atoms with Crippen LogP contribution >= 0.6 is 0 Å². The summed E-state index contributed by atoms with van der Waals surface area (Å²) < 4.78 is 6.97. The van der Waals surface area contributed by atoms with E-state index in [1.165, 1.54) is 4.90 Å². The summed E-state index contributed by atoms with van der Waals surface area (Å²) in [5, 5.41) is 11.1. The maximum absolute atomic E-state index is 13.7. The van der Waals surface area contributed by atoms with Gasteiger partial charge in [0.25, 0.3) is 5.56 Å². The fourth-order valence-electron chi connectivity index (χ4n) is 5.21. The van der Waals surface area contributed by atoms with Crippen molar-refractivity contribution in [3.8, 4) is 5.75 Å². The van der Waals surface area contributed by atoms with Gasteiger partial charge in [-0.2, -0.15) is 0 Å². The zero-order valence-electron chi connectivity index (χ0n) is 21.0. The van der Waals surface area contributed by atoms with Gasteiger partial charge in [-0.1, -0.05) is 37.1 Å². The van der Waals surface area contributed by atoms with E-state index in [0.29, 0.717) is 29.5 Å². The molecule has 1 aromatic heterocycles. The smallest absolute Gasteiger partial charge is 0.410 e. The third-order valence-electron chi connectivity index (χ3n) is 7.16. The number of amides is 1. The fourth-order valence-corrected chi connectivity index (χ4v) is 5.21. The number of fused-ring (bicyclic) bond motifs is 3. The number of aliphatic hydroxyl groups excluding tert-OH is 1. The van der Waals surface area contributed by atoms with Crippen molar-refractivity contribution in [2.45, 2.75) is 44.2 Å². The molecule has 1 fully saturated rings. The maximum Gasteiger partial charge on any atom is 0.414 e. The maximum atomic E-state index is 13.7. The molecule has 0 saturated heterocycles. The first-order valence-corrected chi connectivity index (χ1v) is 12.4. The van der Waals surface area contributed by atoms with E-state index in [4.69, 9.17) is 9.72 Å². The number of hydrogen-bond acceptors (Lipinski definition) is 6. The average molecular weight is 489 g/mol. The van der Waals surface area contributed by atoms with Crippen molar-refractivity contribution in [3.63, 3.8) is 0 Å². The Bertz CT molecular complexity index is 1380. The summed E-state index contributed by atoms with van der Waals surface area (Å²) in [5.41, 5.74) is 4.66. The molecule has 2 aromatic carbocycles. The second-order valence-electron chi connectivity index (χ2n) is 9.94. The quantitative estimate of drug-likeness (QED) is 0.598. The van der Waals surface area contributed by atoms with Crippen molar-refractivity contribution in [2.24, 2.45) is 0 Å². The Kier molecular flexibility index (Phi) is 6.53. The third-order valence-corrected chi connectivity index (χ3v) is 7.16. The molecule has 5 rings (SSSR count). The van der Waals surface area contributed by atoms with Crippen LogP contribution in [0.25, 0.3) is 17.0 Å². The summed E-state index contributed by atoms with van der Waals surface area (Å²) in [6.45, 7) is 0.740. The van der Waals surface area contributed by atoms with Gasteiger partial charge >= 0.3 is 6.09 Å². The number of carbonyl (C=O) groups excluding carboxylic acids is 1. The number of aliphatic hydroxyl groups is 1. The lowest BCUT2D eigenvalue weighted by molar-refractivity contribution is 0.0735. The lowest BCUT2D eigenvalue weighted by Crippen LogP contribution is -2.35. The summed E-state index contributed by atoms with van der Waals surface area (Å²) in [6.07, 6.45) is 8.95. The molecule has 1 saturated carbocycles. The second kappa shape index (κ2) is 9.78. The van der Waals surface area contributed by atoms with Gasteiger partial charge in [-0.3, -0.25) is 9.36 Å². The number of anilines is 1. The molecule has 1 amide bonds. The number of likely N-dealkylation sites (N-methyl/N-ethyl adjacent to an activating group) is 1. The van der Waals surface area contributed by atoms with Gasteiger partial charge in [-0.05, 0) is 48.6 Å². The summed E-state index contributed by atoms with van der Waals surface area (Å²) in [4.78, 5) is 33.8. The van der Waals surface area contributed by atoms with Crippen LogP contribution in [0, 0.1) is 0 Å². The number of benzene rings is 2. The van der Waals surface area contributed by atoms with E-state index < -0.39 is 12.2 Å². The van der Waals surface area contributed by atoms with Gasteiger partial charge in [-0.15, -0.1) is 0 Å². The van der Waals surface area contributed by atoms with E-state index in [2.05, 4.69) is 17.1 Å². The highest BCUT2D eigenvalue weighted by molar-refractivity contribution is 5.97. The molecule has 8 heteroatoms. The lowest BCUT2D eigenvalue weighted by Gasteiger charge is -2.30. The van der Waals surface area contributed by atoms with E-state index >= 15 is 0 Å². The van der Waals surface area contributed by atoms with Crippen molar-refractivity contribution in [3.05, 3.63) is 69.8 Å². The van der Waals surface area contributed by atoms with Crippen LogP contribution in [0.1, 0.15) is 48.4 Å². The van der Waals surface area contributed by atoms with Gasteiger partial charge in [0.05, 0.1) is 29.5 Å². The van der Waals surface area contributed by atoms with Crippen molar-refractivity contribution in [2.75, 3.05) is 32.6 Å². The zero-order chi connectivity index (χ0) is 25.4. The molecule has 1 N–H and O–H groups in total. The standard InChI is InChI=1S/C28H32N4O4/c1-30(2)28(35)36-20-12-10-18(11-13-20)15-19-16-22-25(26-21(19)7-6-14-31(26)3)29-17-32(27(22)34)23-8-4-5-9-24(23)33/h6-7,10-13,16-17,23-24,33H,4-5,8-9,14-15H2,1-3H3. The molecule has 2 unspecified atom stereocenters. The Labute approximate surface area is 210 Å². The first-order valence-electron chi connectivity index (χ1n) is 12.4. The predicted octanol–water partition coefficient (Wildman–Crippen LogP) is 3.99. The number of nitrogens with zero attached hydrogens (tertiary/aromatic N) is 4. The van der Waals surface area contributed by atoms with Crippen LogP contribution in [-0.4, -0.2) is 59.4 Å². The average Bonchev–Trinajstić information content (AvgIpc) is 2.86. The van der Waals surface area contributed by atoms with E-state index in [9.17, 15) is 14.7 Å². The summed E-state index contributed by atoms with van der Waals surface area (Å²) >= 11 is 0. The zero-order valence-corrected chi connectivity index (χ0v) is 21.0. The Morgan fingerprint density at radius 1 is 1.19 bits per heavy atom. The van der Waals surface area contributed by atoms with Gasteiger partial charge in [0.1, 0.15) is 11.3 Å². The highest BCUT2D eigenvalue weighted by Crippen LogP contribution is 2.36. The molecule has 2 atom stereocenters. The summed E-state index contributed by atoms with van der Waals surface area (Å²) in [7, 11) is 5.29. The van der Waals surface area contributed by atoms with E-state index in [0.717, 1.165) is 48.2 Å². The van der Waals surface area contributed by atoms with E-state index in [-0.39, 0.29) is 11.6 Å². The number of rotatable bonds is 4. The van der Waals surface area contributed by atoms with Crippen molar-refractivity contribution >= 4 is 28.8 Å². The third kappa shape index (κ3) is 4.48. The molecule has 3 aromatic rings. The molecule has 0 radical (unpaired) electrons. The molecule has 1 aliphatic carbocycles. The predicted molar refractivity (Wildman–Crippen MR) is 141 cm³/mol. The van der Waals surface area contributed by atoms with E-state index in [1.54, 1.807) is 37.1 Å². The van der Waals surface area contributed by atoms with Gasteiger partial charge in [0, 0.05) is 33.3 Å². The molecular weight excluding hydrogens is 456 g/mol. The van der Waals surface area contributed by atoms with Crippen molar-refractivity contribution in [1.29, 1.82) is 0 Å². The Balaban J connectivity index is 1.56. The molecule has 0 spiro atoms. The second-order valence-corrected chi connectivity index (χ2v) is 9.94. The van der Waals surface area contributed by atoms with Crippen LogP contribution in [0.4, 0.5) is 10.5 Å². The lowest BCUT2D eigenvalue weighted by atomic mass is 9.91.